The number of hydrogen-bond acceptors (Lipinski definition) is 4. The SMILES string of the molecule is CC(Oc1ccc(S(C)(=O)=O)cc1)C(=O)c1ccc(F)cc1. The van der Waals surface area contributed by atoms with Gasteiger partial charge in [0.2, 0.25) is 5.78 Å². The van der Waals surface area contributed by atoms with Crippen LogP contribution in [0.5, 0.6) is 5.75 Å². The average Bonchev–Trinajstić information content (AvgIpc) is 2.47. The van der Waals surface area contributed by atoms with E-state index in [-0.39, 0.29) is 10.7 Å². The number of hydrogen-bond donors (Lipinski definition) is 0. The first-order valence-electron chi connectivity index (χ1n) is 6.54. The molecule has 0 aliphatic heterocycles. The van der Waals surface area contributed by atoms with Gasteiger partial charge in [-0.2, -0.15) is 0 Å². The van der Waals surface area contributed by atoms with Gasteiger partial charge in [-0.15, -0.1) is 0 Å². The number of Topliss-reactive ketones (excluding diaryl/α,β-unsaturated/α-hetero) is 1. The molecule has 0 heterocycles. The Hall–Kier alpha value is -2.21. The molecule has 0 aromatic heterocycles. The minimum Gasteiger partial charge on any atom is -0.483 e. The van der Waals surface area contributed by atoms with Crippen LogP contribution in [0.15, 0.2) is 53.4 Å². The van der Waals surface area contributed by atoms with Crippen LogP contribution in [0.1, 0.15) is 17.3 Å². The quantitative estimate of drug-likeness (QED) is 0.794. The zero-order valence-electron chi connectivity index (χ0n) is 12.1. The number of carbonyl (C=O) groups excluding carboxylic acids is 1. The normalized spacial score (nSPS) is 12.7. The van der Waals surface area contributed by atoms with Crippen LogP contribution in [0.2, 0.25) is 0 Å². The van der Waals surface area contributed by atoms with E-state index in [2.05, 4.69) is 0 Å². The second-order valence-electron chi connectivity index (χ2n) is 4.87. The van der Waals surface area contributed by atoms with Gasteiger partial charge in [-0.1, -0.05) is 0 Å². The van der Waals surface area contributed by atoms with Gasteiger partial charge >= 0.3 is 0 Å². The lowest BCUT2D eigenvalue weighted by Crippen LogP contribution is -2.23. The highest BCUT2D eigenvalue weighted by Crippen LogP contribution is 2.18. The first kappa shape index (κ1) is 16.2. The van der Waals surface area contributed by atoms with E-state index in [1.165, 1.54) is 48.5 Å². The third-order valence-electron chi connectivity index (χ3n) is 3.06. The van der Waals surface area contributed by atoms with Crippen molar-refractivity contribution in [3.05, 3.63) is 59.9 Å². The van der Waals surface area contributed by atoms with Crippen LogP contribution in [0, 0.1) is 5.82 Å². The molecule has 0 fully saturated rings. The molecule has 0 N–H and O–H groups in total. The van der Waals surface area contributed by atoms with E-state index in [9.17, 15) is 17.6 Å². The molecular formula is C16H15FO4S. The van der Waals surface area contributed by atoms with Gasteiger partial charge in [0.25, 0.3) is 0 Å². The van der Waals surface area contributed by atoms with E-state index in [1.807, 2.05) is 0 Å². The van der Waals surface area contributed by atoms with Crippen molar-refractivity contribution in [2.45, 2.75) is 17.9 Å². The Bertz CT molecular complexity index is 765. The Labute approximate surface area is 128 Å². The Morgan fingerprint density at radius 3 is 2.09 bits per heavy atom. The van der Waals surface area contributed by atoms with Crippen LogP contribution < -0.4 is 4.74 Å². The van der Waals surface area contributed by atoms with Crippen molar-refractivity contribution in [3.63, 3.8) is 0 Å². The highest BCUT2D eigenvalue weighted by atomic mass is 32.2. The van der Waals surface area contributed by atoms with E-state index < -0.39 is 21.8 Å². The molecule has 0 saturated heterocycles. The van der Waals surface area contributed by atoms with Gasteiger partial charge in [-0.05, 0) is 55.5 Å². The van der Waals surface area contributed by atoms with Crippen molar-refractivity contribution in [2.75, 3.05) is 6.26 Å². The molecule has 22 heavy (non-hydrogen) atoms. The molecule has 2 rings (SSSR count). The Morgan fingerprint density at radius 1 is 1.05 bits per heavy atom. The molecule has 0 saturated carbocycles. The van der Waals surface area contributed by atoms with Crippen molar-refractivity contribution < 1.29 is 22.3 Å². The Balaban J connectivity index is 2.10. The van der Waals surface area contributed by atoms with E-state index >= 15 is 0 Å². The summed E-state index contributed by atoms with van der Waals surface area (Å²) in [4.78, 5) is 12.3. The lowest BCUT2D eigenvalue weighted by Gasteiger charge is -2.14. The minimum absolute atomic E-state index is 0.178. The van der Waals surface area contributed by atoms with Crippen LogP contribution >= 0.6 is 0 Å². The Kier molecular flexibility index (Phi) is 4.61. The molecule has 2 aromatic rings. The number of rotatable bonds is 5. The summed E-state index contributed by atoms with van der Waals surface area (Å²) in [5.74, 6) is -0.316. The van der Waals surface area contributed by atoms with Crippen molar-refractivity contribution in [1.29, 1.82) is 0 Å². The highest BCUT2D eigenvalue weighted by Gasteiger charge is 2.17. The number of carbonyl (C=O) groups is 1. The van der Waals surface area contributed by atoms with Gasteiger partial charge in [0.15, 0.2) is 15.9 Å². The molecule has 0 spiro atoms. The summed E-state index contributed by atoms with van der Waals surface area (Å²) in [6.07, 6.45) is 0.346. The second-order valence-corrected chi connectivity index (χ2v) is 6.89. The first-order valence-corrected chi connectivity index (χ1v) is 8.43. The van der Waals surface area contributed by atoms with Gasteiger partial charge in [0.1, 0.15) is 11.6 Å². The van der Waals surface area contributed by atoms with E-state index in [0.717, 1.165) is 6.26 Å². The van der Waals surface area contributed by atoms with Gasteiger partial charge in [0, 0.05) is 11.8 Å². The van der Waals surface area contributed by atoms with Crippen molar-refractivity contribution >= 4 is 15.6 Å². The Morgan fingerprint density at radius 2 is 1.59 bits per heavy atom. The van der Waals surface area contributed by atoms with E-state index in [4.69, 9.17) is 4.74 Å². The van der Waals surface area contributed by atoms with Crippen molar-refractivity contribution in [1.82, 2.24) is 0 Å². The van der Waals surface area contributed by atoms with Gasteiger partial charge in [-0.25, -0.2) is 12.8 Å². The molecule has 4 nitrogen and oxygen atoms in total. The van der Waals surface area contributed by atoms with Crippen LogP contribution in [-0.4, -0.2) is 26.6 Å². The van der Waals surface area contributed by atoms with Gasteiger partial charge < -0.3 is 4.74 Å². The average molecular weight is 322 g/mol. The summed E-state index contributed by atoms with van der Waals surface area (Å²) in [6.45, 7) is 1.58. The van der Waals surface area contributed by atoms with E-state index in [1.54, 1.807) is 6.92 Å². The number of halogens is 1. The summed E-state index contributed by atoms with van der Waals surface area (Å²) < 4.78 is 41.1. The smallest absolute Gasteiger partial charge is 0.202 e. The van der Waals surface area contributed by atoms with Crippen molar-refractivity contribution in [2.24, 2.45) is 0 Å². The number of ketones is 1. The summed E-state index contributed by atoms with van der Waals surface area (Å²) in [5.41, 5.74) is 0.349. The fraction of sp³-hybridized carbons (Fsp3) is 0.188. The van der Waals surface area contributed by atoms with E-state index in [0.29, 0.717) is 11.3 Å². The molecule has 2 aromatic carbocycles. The topological polar surface area (TPSA) is 60.4 Å². The summed E-state index contributed by atoms with van der Waals surface area (Å²) >= 11 is 0. The zero-order valence-corrected chi connectivity index (χ0v) is 12.9. The van der Waals surface area contributed by atoms with Crippen LogP contribution in [0.25, 0.3) is 0 Å². The van der Waals surface area contributed by atoms with Gasteiger partial charge in [0.05, 0.1) is 4.90 Å². The molecule has 0 aliphatic rings. The second kappa shape index (κ2) is 6.27. The zero-order chi connectivity index (χ0) is 16.3. The molecule has 0 aliphatic carbocycles. The minimum atomic E-state index is -3.27. The van der Waals surface area contributed by atoms with Crippen LogP contribution in [0.3, 0.4) is 0 Å². The lowest BCUT2D eigenvalue weighted by molar-refractivity contribution is 0.0818. The maximum absolute atomic E-state index is 12.8. The summed E-state index contributed by atoms with van der Waals surface area (Å²) in [5, 5.41) is 0. The van der Waals surface area contributed by atoms with Crippen LogP contribution in [0.4, 0.5) is 4.39 Å². The fourth-order valence-electron chi connectivity index (χ4n) is 1.87. The molecule has 116 valence electrons. The molecule has 1 atom stereocenters. The maximum Gasteiger partial charge on any atom is 0.202 e. The predicted molar refractivity (Wildman–Crippen MR) is 80.4 cm³/mol. The number of sulfone groups is 1. The fourth-order valence-corrected chi connectivity index (χ4v) is 2.50. The van der Waals surface area contributed by atoms with Gasteiger partial charge in [-0.3, -0.25) is 4.79 Å². The third kappa shape index (κ3) is 3.92. The molecular weight excluding hydrogens is 307 g/mol. The molecule has 0 radical (unpaired) electrons. The molecule has 1 unspecified atom stereocenters. The highest BCUT2D eigenvalue weighted by molar-refractivity contribution is 7.90. The molecule has 6 heteroatoms. The summed E-state index contributed by atoms with van der Waals surface area (Å²) in [6, 6.07) is 11.0. The van der Waals surface area contributed by atoms with Crippen molar-refractivity contribution in [3.8, 4) is 5.75 Å². The van der Waals surface area contributed by atoms with Crippen LogP contribution in [-0.2, 0) is 9.84 Å². The predicted octanol–water partition coefficient (Wildman–Crippen LogP) is 2.88. The largest absolute Gasteiger partial charge is 0.483 e. The number of benzene rings is 2. The monoisotopic (exact) mass is 322 g/mol. The first-order chi connectivity index (χ1) is 10.3. The summed E-state index contributed by atoms with van der Waals surface area (Å²) in [7, 11) is -3.27. The maximum atomic E-state index is 12.8. The lowest BCUT2D eigenvalue weighted by atomic mass is 10.1. The standard InChI is InChI=1S/C16H15FO4S/c1-11(16(18)12-3-5-13(17)6-4-12)21-14-7-9-15(10-8-14)22(2,19)20/h3-11H,1-2H3. The number of ether oxygens (including phenoxy) is 1. The molecule has 0 bridgehead atoms. The third-order valence-corrected chi connectivity index (χ3v) is 4.19. The molecule has 0 amide bonds.